The minimum atomic E-state index is -0.459. The van der Waals surface area contributed by atoms with E-state index < -0.39 is 5.60 Å². The van der Waals surface area contributed by atoms with Crippen LogP contribution in [0.3, 0.4) is 0 Å². The highest BCUT2D eigenvalue weighted by Gasteiger charge is 2.26. The molecule has 0 spiro atoms. The smallest absolute Gasteiger partial charge is 0.410 e. The van der Waals surface area contributed by atoms with Crippen molar-refractivity contribution in [3.63, 3.8) is 0 Å². The first kappa shape index (κ1) is 19.0. The predicted octanol–water partition coefficient (Wildman–Crippen LogP) is 3.12. The Labute approximate surface area is 149 Å². The number of amides is 1. The Kier molecular flexibility index (Phi) is 5.87. The molecule has 1 amide bonds. The van der Waals surface area contributed by atoms with Gasteiger partial charge in [0.15, 0.2) is 5.65 Å². The molecular weight excluding hydrogens is 318 g/mol. The standard InChI is InChI=1S/C16H23N5O2.C2H6/c1-12-11-17-13-5-6-14(18-21(12)13)19-7-9-20(10-8-19)15(22)23-16(2,3)4;1-2/h5-6,11H,7-10H2,1-4H3;1-2H3. The third-order valence-corrected chi connectivity index (χ3v) is 3.77. The summed E-state index contributed by atoms with van der Waals surface area (Å²) in [7, 11) is 0. The Morgan fingerprint density at radius 2 is 1.76 bits per heavy atom. The van der Waals surface area contributed by atoms with Crippen molar-refractivity contribution in [3.05, 3.63) is 24.0 Å². The van der Waals surface area contributed by atoms with Crippen LogP contribution in [-0.2, 0) is 4.74 Å². The fourth-order valence-corrected chi connectivity index (χ4v) is 2.59. The van der Waals surface area contributed by atoms with E-state index in [0.29, 0.717) is 13.1 Å². The lowest BCUT2D eigenvalue weighted by atomic mass is 10.2. The number of anilines is 1. The summed E-state index contributed by atoms with van der Waals surface area (Å²) in [6.07, 6.45) is 1.57. The van der Waals surface area contributed by atoms with Crippen molar-refractivity contribution in [1.82, 2.24) is 19.5 Å². The lowest BCUT2D eigenvalue weighted by Crippen LogP contribution is -2.50. The third kappa shape index (κ3) is 4.61. The Morgan fingerprint density at radius 1 is 1.12 bits per heavy atom. The molecule has 7 nitrogen and oxygen atoms in total. The van der Waals surface area contributed by atoms with Gasteiger partial charge in [0, 0.05) is 26.2 Å². The first-order valence-electron chi connectivity index (χ1n) is 8.88. The summed E-state index contributed by atoms with van der Waals surface area (Å²) >= 11 is 0. The zero-order valence-electron chi connectivity index (χ0n) is 16.1. The average molecular weight is 347 g/mol. The Balaban J connectivity index is 0.00000109. The molecule has 0 aromatic carbocycles. The zero-order chi connectivity index (χ0) is 18.6. The molecule has 7 heteroatoms. The van der Waals surface area contributed by atoms with Gasteiger partial charge in [-0.25, -0.2) is 14.3 Å². The van der Waals surface area contributed by atoms with Gasteiger partial charge in [0.1, 0.15) is 11.4 Å². The molecule has 1 saturated heterocycles. The fourth-order valence-electron chi connectivity index (χ4n) is 2.59. The minimum absolute atomic E-state index is 0.244. The van der Waals surface area contributed by atoms with E-state index in [-0.39, 0.29) is 6.09 Å². The van der Waals surface area contributed by atoms with Gasteiger partial charge in [-0.1, -0.05) is 13.8 Å². The number of hydrogen-bond acceptors (Lipinski definition) is 5. The Morgan fingerprint density at radius 3 is 2.36 bits per heavy atom. The summed E-state index contributed by atoms with van der Waals surface area (Å²) in [5.74, 6) is 0.905. The van der Waals surface area contributed by atoms with Crippen LogP contribution >= 0.6 is 0 Å². The highest BCUT2D eigenvalue weighted by molar-refractivity contribution is 5.68. The molecule has 1 aliphatic rings. The van der Waals surface area contributed by atoms with Crippen LogP contribution in [0, 0.1) is 6.92 Å². The highest BCUT2D eigenvalue weighted by Crippen LogP contribution is 2.17. The maximum absolute atomic E-state index is 12.1. The monoisotopic (exact) mass is 347 g/mol. The van der Waals surface area contributed by atoms with Gasteiger partial charge in [-0.15, -0.1) is 5.10 Å². The van der Waals surface area contributed by atoms with E-state index in [1.807, 2.05) is 64.4 Å². The molecule has 0 aliphatic carbocycles. The largest absolute Gasteiger partial charge is 0.444 e. The summed E-state index contributed by atoms with van der Waals surface area (Å²) in [5, 5.41) is 4.63. The SMILES string of the molecule is CC.Cc1cnc2ccc(N3CCN(C(=O)OC(C)(C)C)CC3)nn12. The molecule has 0 unspecified atom stereocenters. The molecule has 2 aromatic heterocycles. The molecule has 25 heavy (non-hydrogen) atoms. The van der Waals surface area contributed by atoms with Crippen LogP contribution < -0.4 is 4.90 Å². The van der Waals surface area contributed by atoms with Crippen molar-refractivity contribution in [2.24, 2.45) is 0 Å². The Hall–Kier alpha value is -2.31. The summed E-state index contributed by atoms with van der Waals surface area (Å²) < 4.78 is 7.26. The summed E-state index contributed by atoms with van der Waals surface area (Å²) in [6.45, 7) is 14.4. The summed E-state index contributed by atoms with van der Waals surface area (Å²) in [6, 6.07) is 3.94. The number of imidazole rings is 1. The first-order chi connectivity index (χ1) is 11.8. The van der Waals surface area contributed by atoms with Crippen LogP contribution in [-0.4, -0.2) is 57.4 Å². The van der Waals surface area contributed by atoms with Gasteiger partial charge >= 0.3 is 6.09 Å². The van der Waals surface area contributed by atoms with Crippen molar-refractivity contribution in [2.75, 3.05) is 31.1 Å². The van der Waals surface area contributed by atoms with Gasteiger partial charge in [0.2, 0.25) is 0 Å². The quantitative estimate of drug-likeness (QED) is 0.793. The van der Waals surface area contributed by atoms with Crippen LogP contribution in [0.2, 0.25) is 0 Å². The van der Waals surface area contributed by atoms with Crippen LogP contribution in [0.4, 0.5) is 10.6 Å². The second-order valence-electron chi connectivity index (χ2n) is 6.82. The number of carbonyl (C=O) groups is 1. The predicted molar refractivity (Wildman–Crippen MR) is 99.1 cm³/mol. The van der Waals surface area contributed by atoms with Gasteiger partial charge in [-0.05, 0) is 39.8 Å². The zero-order valence-corrected chi connectivity index (χ0v) is 16.1. The molecule has 138 valence electrons. The third-order valence-electron chi connectivity index (χ3n) is 3.77. The van der Waals surface area contributed by atoms with Gasteiger partial charge in [0.25, 0.3) is 0 Å². The number of hydrogen-bond donors (Lipinski definition) is 0. The van der Waals surface area contributed by atoms with E-state index >= 15 is 0 Å². The van der Waals surface area contributed by atoms with E-state index in [4.69, 9.17) is 4.74 Å². The van der Waals surface area contributed by atoms with Gasteiger partial charge in [0.05, 0.1) is 11.9 Å². The number of ether oxygens (including phenoxy) is 1. The molecule has 1 aliphatic heterocycles. The molecule has 1 fully saturated rings. The molecule has 3 heterocycles. The molecular formula is C18H29N5O2. The summed E-state index contributed by atoms with van der Waals surface area (Å²) in [5.41, 5.74) is 1.40. The average Bonchev–Trinajstić information content (AvgIpc) is 2.96. The maximum Gasteiger partial charge on any atom is 0.410 e. The highest BCUT2D eigenvalue weighted by atomic mass is 16.6. The van der Waals surface area contributed by atoms with Crippen LogP contribution in [0.1, 0.15) is 40.3 Å². The van der Waals surface area contributed by atoms with Gasteiger partial charge < -0.3 is 14.5 Å². The van der Waals surface area contributed by atoms with E-state index in [1.54, 1.807) is 4.90 Å². The van der Waals surface area contributed by atoms with Crippen molar-refractivity contribution in [2.45, 2.75) is 47.1 Å². The summed E-state index contributed by atoms with van der Waals surface area (Å²) in [4.78, 5) is 20.3. The number of nitrogens with zero attached hydrogens (tertiary/aromatic N) is 5. The molecule has 0 saturated carbocycles. The van der Waals surface area contributed by atoms with Crippen molar-refractivity contribution in [1.29, 1.82) is 0 Å². The lowest BCUT2D eigenvalue weighted by molar-refractivity contribution is 0.0240. The number of piperazine rings is 1. The van der Waals surface area contributed by atoms with Gasteiger partial charge in [-0.3, -0.25) is 0 Å². The first-order valence-corrected chi connectivity index (χ1v) is 8.88. The second kappa shape index (κ2) is 7.72. The Bertz CT molecular complexity index is 712. The molecule has 0 atom stereocenters. The van der Waals surface area contributed by atoms with Gasteiger partial charge in [-0.2, -0.15) is 0 Å². The van der Waals surface area contributed by atoms with Crippen molar-refractivity contribution < 1.29 is 9.53 Å². The number of rotatable bonds is 1. The second-order valence-corrected chi connectivity index (χ2v) is 6.82. The van der Waals surface area contributed by atoms with Crippen LogP contribution in [0.25, 0.3) is 5.65 Å². The molecule has 0 radical (unpaired) electrons. The normalized spacial score (nSPS) is 15.0. The molecule has 0 bridgehead atoms. The van der Waals surface area contributed by atoms with Crippen LogP contribution in [0.5, 0.6) is 0 Å². The van der Waals surface area contributed by atoms with E-state index in [0.717, 1.165) is 30.2 Å². The number of fused-ring (bicyclic) bond motifs is 1. The maximum atomic E-state index is 12.1. The van der Waals surface area contributed by atoms with Crippen molar-refractivity contribution in [3.8, 4) is 0 Å². The van der Waals surface area contributed by atoms with E-state index in [1.165, 1.54) is 0 Å². The lowest BCUT2D eigenvalue weighted by Gasteiger charge is -2.36. The number of aromatic nitrogens is 3. The van der Waals surface area contributed by atoms with Crippen LogP contribution in [0.15, 0.2) is 18.3 Å². The van der Waals surface area contributed by atoms with Crippen molar-refractivity contribution >= 4 is 17.6 Å². The number of aryl methyl sites for hydroxylation is 1. The minimum Gasteiger partial charge on any atom is -0.444 e. The molecule has 0 N–H and O–H groups in total. The van der Waals surface area contributed by atoms with E-state index in [9.17, 15) is 4.79 Å². The fraction of sp³-hybridized carbons (Fsp3) is 0.611. The molecule has 2 aromatic rings. The molecule has 3 rings (SSSR count). The van der Waals surface area contributed by atoms with E-state index in [2.05, 4.69) is 15.0 Å². The topological polar surface area (TPSA) is 63.0 Å². The number of carbonyl (C=O) groups excluding carboxylic acids is 1.